The summed E-state index contributed by atoms with van der Waals surface area (Å²) in [5.41, 5.74) is 2.56. The molecule has 0 saturated heterocycles. The van der Waals surface area contributed by atoms with E-state index in [2.05, 4.69) is 5.32 Å². The van der Waals surface area contributed by atoms with Gasteiger partial charge in [0.2, 0.25) is 21.8 Å². The maximum atomic E-state index is 13.5. The van der Waals surface area contributed by atoms with Crippen LogP contribution in [0, 0.1) is 12.8 Å². The predicted molar refractivity (Wildman–Crippen MR) is 148 cm³/mol. The van der Waals surface area contributed by atoms with Crippen LogP contribution in [-0.4, -0.2) is 57.6 Å². The number of carbonyl (C=O) groups excluding carboxylic acids is 2. The van der Waals surface area contributed by atoms with Crippen LogP contribution >= 0.6 is 0 Å². The smallest absolute Gasteiger partial charge is 0.242 e. The van der Waals surface area contributed by atoms with Crippen LogP contribution in [0.5, 0.6) is 5.75 Å². The van der Waals surface area contributed by atoms with Crippen molar-refractivity contribution in [3.8, 4) is 5.75 Å². The van der Waals surface area contributed by atoms with Crippen LogP contribution in [0.3, 0.4) is 0 Å². The van der Waals surface area contributed by atoms with Crippen molar-refractivity contribution in [3.63, 3.8) is 0 Å². The molecule has 0 fully saturated rings. The molecule has 1 N–H and O–H groups in total. The van der Waals surface area contributed by atoms with Gasteiger partial charge in [0.05, 0.1) is 19.1 Å². The Morgan fingerprint density at radius 3 is 2.16 bits per heavy atom. The number of nitrogens with one attached hydrogen (secondary N) is 1. The van der Waals surface area contributed by atoms with Gasteiger partial charge in [-0.1, -0.05) is 50.6 Å². The minimum Gasteiger partial charge on any atom is -0.497 e. The predicted octanol–water partition coefficient (Wildman–Crippen LogP) is 4.13. The molecular weight excluding hydrogens is 490 g/mol. The van der Waals surface area contributed by atoms with Crippen LogP contribution in [0.2, 0.25) is 0 Å². The molecule has 1 unspecified atom stereocenters. The maximum Gasteiger partial charge on any atom is 0.242 e. The zero-order valence-corrected chi connectivity index (χ0v) is 23.7. The van der Waals surface area contributed by atoms with E-state index in [0.717, 1.165) is 17.4 Å². The van der Waals surface area contributed by atoms with E-state index in [1.54, 1.807) is 36.3 Å². The zero-order valence-electron chi connectivity index (χ0n) is 22.9. The SMILES string of the molecule is CCC(C(=O)NCC(C)C)N(Cc1ccc(C)cc1)C(=O)CCCN(c1ccc(OC)cc1)S(C)(=O)=O. The molecule has 9 heteroatoms. The summed E-state index contributed by atoms with van der Waals surface area (Å²) >= 11 is 0. The van der Waals surface area contributed by atoms with E-state index in [1.165, 1.54) is 4.31 Å². The molecule has 0 heterocycles. The summed E-state index contributed by atoms with van der Waals surface area (Å²) in [6.45, 7) is 8.92. The summed E-state index contributed by atoms with van der Waals surface area (Å²) in [5.74, 6) is 0.561. The Bertz CT molecular complexity index is 1120. The van der Waals surface area contributed by atoms with Gasteiger partial charge in [0.1, 0.15) is 11.8 Å². The zero-order chi connectivity index (χ0) is 27.6. The van der Waals surface area contributed by atoms with Crippen molar-refractivity contribution in [2.24, 2.45) is 5.92 Å². The van der Waals surface area contributed by atoms with Crippen molar-refractivity contribution >= 4 is 27.5 Å². The third-order valence-corrected chi connectivity index (χ3v) is 7.25. The summed E-state index contributed by atoms with van der Waals surface area (Å²) < 4.78 is 31.4. The van der Waals surface area contributed by atoms with Gasteiger partial charge in [-0.05, 0) is 55.5 Å². The first-order valence-electron chi connectivity index (χ1n) is 12.7. The number of amides is 2. The highest BCUT2D eigenvalue weighted by atomic mass is 32.2. The van der Waals surface area contributed by atoms with E-state index in [0.29, 0.717) is 43.3 Å². The van der Waals surface area contributed by atoms with Crippen LogP contribution in [0.15, 0.2) is 48.5 Å². The molecule has 2 amide bonds. The molecule has 0 radical (unpaired) electrons. The first kappa shape index (κ1) is 30.2. The molecular formula is C28H41N3O5S. The molecule has 2 aromatic carbocycles. The second kappa shape index (κ2) is 14.0. The van der Waals surface area contributed by atoms with Gasteiger partial charge in [-0.2, -0.15) is 0 Å². The number of hydrogen-bond donors (Lipinski definition) is 1. The molecule has 2 rings (SSSR count). The molecule has 37 heavy (non-hydrogen) atoms. The lowest BCUT2D eigenvalue weighted by molar-refractivity contribution is -0.141. The van der Waals surface area contributed by atoms with Crippen molar-refractivity contribution < 1.29 is 22.7 Å². The van der Waals surface area contributed by atoms with E-state index in [9.17, 15) is 18.0 Å². The number of nitrogens with zero attached hydrogens (tertiary/aromatic N) is 2. The molecule has 0 spiro atoms. The monoisotopic (exact) mass is 531 g/mol. The second-order valence-corrected chi connectivity index (χ2v) is 11.6. The Labute approximate surface area is 222 Å². The molecule has 0 aliphatic rings. The lowest BCUT2D eigenvalue weighted by atomic mass is 10.1. The fourth-order valence-electron chi connectivity index (χ4n) is 3.98. The molecule has 0 saturated carbocycles. The van der Waals surface area contributed by atoms with Gasteiger partial charge in [-0.3, -0.25) is 13.9 Å². The summed E-state index contributed by atoms with van der Waals surface area (Å²) in [6, 6.07) is 14.0. The number of carbonyl (C=O) groups is 2. The first-order valence-corrected chi connectivity index (χ1v) is 14.6. The van der Waals surface area contributed by atoms with Gasteiger partial charge in [0, 0.05) is 26.1 Å². The Morgan fingerprint density at radius 1 is 1.03 bits per heavy atom. The number of rotatable bonds is 14. The fraction of sp³-hybridized carbons (Fsp3) is 0.500. The first-order chi connectivity index (χ1) is 17.5. The molecule has 0 aliphatic carbocycles. The number of anilines is 1. The van der Waals surface area contributed by atoms with Crippen molar-refractivity contribution in [2.75, 3.05) is 30.8 Å². The molecule has 0 aromatic heterocycles. The summed E-state index contributed by atoms with van der Waals surface area (Å²) in [7, 11) is -2.01. The van der Waals surface area contributed by atoms with Gasteiger partial charge < -0.3 is 15.0 Å². The van der Waals surface area contributed by atoms with Crippen LogP contribution in [0.25, 0.3) is 0 Å². The van der Waals surface area contributed by atoms with E-state index in [4.69, 9.17) is 4.74 Å². The Balaban J connectivity index is 2.19. The van der Waals surface area contributed by atoms with Gasteiger partial charge in [-0.25, -0.2) is 8.42 Å². The molecule has 1 atom stereocenters. The van der Waals surface area contributed by atoms with Gasteiger partial charge in [0.25, 0.3) is 0 Å². The normalized spacial score (nSPS) is 12.2. The highest BCUT2D eigenvalue weighted by molar-refractivity contribution is 7.92. The standard InChI is InChI=1S/C28H41N3O5S/c1-7-26(28(33)29-19-21(2)3)30(20-23-12-10-22(4)11-13-23)27(32)9-8-18-31(37(6,34)35)24-14-16-25(36-5)17-15-24/h10-17,21,26H,7-9,18-20H2,1-6H3,(H,29,33). The lowest BCUT2D eigenvalue weighted by Gasteiger charge is -2.31. The third-order valence-electron chi connectivity index (χ3n) is 6.06. The molecule has 0 aliphatic heterocycles. The molecule has 8 nitrogen and oxygen atoms in total. The molecule has 204 valence electrons. The van der Waals surface area contributed by atoms with E-state index < -0.39 is 16.1 Å². The van der Waals surface area contributed by atoms with Crippen LogP contribution in [0.1, 0.15) is 51.2 Å². The number of hydrogen-bond acceptors (Lipinski definition) is 5. The molecule has 2 aromatic rings. The number of methoxy groups -OCH3 is 1. The van der Waals surface area contributed by atoms with Gasteiger partial charge in [0.15, 0.2) is 0 Å². The average Bonchev–Trinajstić information content (AvgIpc) is 2.85. The maximum absolute atomic E-state index is 13.5. The highest BCUT2D eigenvalue weighted by Crippen LogP contribution is 2.22. The van der Waals surface area contributed by atoms with E-state index in [1.807, 2.05) is 52.0 Å². The fourth-order valence-corrected chi connectivity index (χ4v) is 4.95. The average molecular weight is 532 g/mol. The largest absolute Gasteiger partial charge is 0.497 e. The summed E-state index contributed by atoms with van der Waals surface area (Å²) in [5, 5.41) is 2.96. The number of sulfonamides is 1. The highest BCUT2D eigenvalue weighted by Gasteiger charge is 2.29. The van der Waals surface area contributed by atoms with E-state index >= 15 is 0 Å². The topological polar surface area (TPSA) is 96.0 Å². The van der Waals surface area contributed by atoms with Crippen LogP contribution in [-0.2, 0) is 26.2 Å². The molecule has 0 bridgehead atoms. The number of ether oxygens (including phenoxy) is 1. The van der Waals surface area contributed by atoms with Crippen LogP contribution < -0.4 is 14.4 Å². The Hall–Kier alpha value is -3.07. The third kappa shape index (κ3) is 9.39. The Morgan fingerprint density at radius 2 is 1.65 bits per heavy atom. The number of benzene rings is 2. The summed E-state index contributed by atoms with van der Waals surface area (Å²) in [6.07, 6.45) is 2.05. The van der Waals surface area contributed by atoms with Crippen molar-refractivity contribution in [1.29, 1.82) is 0 Å². The van der Waals surface area contributed by atoms with Crippen molar-refractivity contribution in [1.82, 2.24) is 10.2 Å². The lowest BCUT2D eigenvalue weighted by Crippen LogP contribution is -2.49. The minimum absolute atomic E-state index is 0.113. The van der Waals surface area contributed by atoms with Crippen molar-refractivity contribution in [2.45, 2.75) is 59.5 Å². The summed E-state index contributed by atoms with van der Waals surface area (Å²) in [4.78, 5) is 28.1. The Kier molecular flexibility index (Phi) is 11.4. The van der Waals surface area contributed by atoms with Gasteiger partial charge >= 0.3 is 0 Å². The van der Waals surface area contributed by atoms with Crippen molar-refractivity contribution in [3.05, 3.63) is 59.7 Å². The van der Waals surface area contributed by atoms with Crippen LogP contribution in [0.4, 0.5) is 5.69 Å². The van der Waals surface area contributed by atoms with E-state index in [-0.39, 0.29) is 24.8 Å². The second-order valence-electron chi connectivity index (χ2n) is 9.71. The van der Waals surface area contributed by atoms with Gasteiger partial charge in [-0.15, -0.1) is 0 Å². The quantitative estimate of drug-likeness (QED) is 0.396. The number of aryl methyl sites for hydroxylation is 1. The minimum atomic E-state index is -3.55.